The molecule has 3 rings (SSSR count). The molecule has 3 aromatic rings. The predicted molar refractivity (Wildman–Crippen MR) is 121 cm³/mol. The third kappa shape index (κ3) is 5.12. The molecule has 0 fully saturated rings. The summed E-state index contributed by atoms with van der Waals surface area (Å²) in [6.07, 6.45) is 1.40. The smallest absolute Gasteiger partial charge is 0.216 e. The quantitative estimate of drug-likeness (QED) is 0.355. The minimum absolute atomic E-state index is 0.0986. The van der Waals surface area contributed by atoms with E-state index in [1.54, 1.807) is 49.2 Å². The first-order chi connectivity index (χ1) is 14.4. The number of allylic oxidation sites excluding steroid dienone is 1. The average molecular weight is 436 g/mol. The molecule has 0 heterocycles. The first-order valence-electron chi connectivity index (χ1n) is 9.22. The van der Waals surface area contributed by atoms with Crippen LogP contribution in [-0.4, -0.2) is 15.5 Å². The number of nitriles is 1. The molecular formula is C24H21NO3S2. The van der Waals surface area contributed by atoms with Gasteiger partial charge in [-0.2, -0.15) is 5.26 Å². The fourth-order valence-electron chi connectivity index (χ4n) is 2.84. The Kier molecular flexibility index (Phi) is 6.99. The molecule has 0 aliphatic rings. The highest BCUT2D eigenvalue weighted by Crippen LogP contribution is 2.30. The molecule has 0 saturated carbocycles. The molecule has 0 aliphatic heterocycles. The van der Waals surface area contributed by atoms with E-state index in [-0.39, 0.29) is 9.80 Å². The molecule has 0 atom stereocenters. The van der Waals surface area contributed by atoms with Gasteiger partial charge in [-0.1, -0.05) is 42.0 Å². The maximum atomic E-state index is 12.8. The summed E-state index contributed by atoms with van der Waals surface area (Å²) < 4.78 is 31.0. The molecule has 4 nitrogen and oxygen atoms in total. The number of sulfone groups is 1. The van der Waals surface area contributed by atoms with Gasteiger partial charge < -0.3 is 4.74 Å². The molecule has 0 amide bonds. The average Bonchev–Trinajstić information content (AvgIpc) is 2.77. The second kappa shape index (κ2) is 9.66. The van der Waals surface area contributed by atoms with Crippen LogP contribution >= 0.6 is 11.8 Å². The maximum absolute atomic E-state index is 12.8. The van der Waals surface area contributed by atoms with E-state index in [9.17, 15) is 13.7 Å². The second-order valence-electron chi connectivity index (χ2n) is 6.61. The van der Waals surface area contributed by atoms with Crippen molar-refractivity contribution in [3.8, 4) is 11.8 Å². The predicted octanol–water partition coefficient (Wildman–Crippen LogP) is 5.63. The summed E-state index contributed by atoms with van der Waals surface area (Å²) >= 11 is 1.66. The zero-order valence-electron chi connectivity index (χ0n) is 16.7. The van der Waals surface area contributed by atoms with Crippen LogP contribution in [0.4, 0.5) is 0 Å². The summed E-state index contributed by atoms with van der Waals surface area (Å²) in [6.45, 7) is 2.05. The molecule has 0 aliphatic carbocycles. The number of rotatable bonds is 7. The molecule has 0 spiro atoms. The van der Waals surface area contributed by atoms with Crippen molar-refractivity contribution in [2.45, 2.75) is 22.5 Å². The van der Waals surface area contributed by atoms with Gasteiger partial charge in [-0.05, 0) is 55.0 Å². The van der Waals surface area contributed by atoms with Gasteiger partial charge in [-0.15, -0.1) is 11.8 Å². The lowest BCUT2D eigenvalue weighted by atomic mass is 10.1. The van der Waals surface area contributed by atoms with Crippen LogP contribution in [0.2, 0.25) is 0 Å². The fourth-order valence-corrected chi connectivity index (χ4v) is 4.90. The summed E-state index contributed by atoms with van der Waals surface area (Å²) in [6, 6.07) is 23.5. The molecule has 0 radical (unpaired) electrons. The van der Waals surface area contributed by atoms with Crippen molar-refractivity contribution in [3.05, 3.63) is 94.4 Å². The number of thioether (sulfide) groups is 1. The number of methoxy groups -OCH3 is 1. The first-order valence-corrected chi connectivity index (χ1v) is 11.7. The lowest BCUT2D eigenvalue weighted by Gasteiger charge is -2.10. The number of hydrogen-bond donors (Lipinski definition) is 0. The lowest BCUT2D eigenvalue weighted by Crippen LogP contribution is -2.03. The van der Waals surface area contributed by atoms with Crippen LogP contribution in [0.25, 0.3) is 6.08 Å². The molecule has 0 bridgehead atoms. The highest BCUT2D eigenvalue weighted by atomic mass is 32.2. The van der Waals surface area contributed by atoms with E-state index in [1.165, 1.54) is 23.8 Å². The minimum atomic E-state index is -3.87. The van der Waals surface area contributed by atoms with Crippen molar-refractivity contribution in [2.24, 2.45) is 0 Å². The standard InChI is InChI=1S/C24H21NO3S2/c1-18-8-11-21(12-9-18)29-17-20-14-19(10-13-24(20)28-2)15-23(16-25)30(26,27)22-6-4-3-5-7-22/h3-15H,17H2,1-2H3/b23-15-. The van der Waals surface area contributed by atoms with Crippen molar-refractivity contribution >= 4 is 27.7 Å². The Hall–Kier alpha value is -3.01. The van der Waals surface area contributed by atoms with E-state index < -0.39 is 9.84 Å². The summed E-state index contributed by atoms with van der Waals surface area (Å²) in [5.41, 5.74) is 2.75. The molecule has 0 aromatic heterocycles. The zero-order chi connectivity index (χ0) is 21.6. The summed E-state index contributed by atoms with van der Waals surface area (Å²) in [4.78, 5) is 0.936. The van der Waals surface area contributed by atoms with E-state index >= 15 is 0 Å². The SMILES string of the molecule is COc1ccc(/C=C(/C#N)S(=O)(=O)c2ccccc2)cc1CSc1ccc(C)cc1. The Morgan fingerprint density at radius 1 is 1.07 bits per heavy atom. The van der Waals surface area contributed by atoms with Gasteiger partial charge >= 0.3 is 0 Å². The first kappa shape index (κ1) is 21.7. The molecule has 0 N–H and O–H groups in total. The van der Waals surface area contributed by atoms with E-state index in [1.807, 2.05) is 19.1 Å². The van der Waals surface area contributed by atoms with Crippen LogP contribution in [0.15, 0.2) is 87.5 Å². The van der Waals surface area contributed by atoms with Crippen molar-refractivity contribution < 1.29 is 13.2 Å². The Balaban J connectivity index is 1.91. The van der Waals surface area contributed by atoms with Gasteiger partial charge in [-0.3, -0.25) is 0 Å². The largest absolute Gasteiger partial charge is 0.496 e. The number of ether oxygens (including phenoxy) is 1. The van der Waals surface area contributed by atoms with Gasteiger partial charge in [0, 0.05) is 16.2 Å². The van der Waals surface area contributed by atoms with Crippen LogP contribution in [0, 0.1) is 18.3 Å². The van der Waals surface area contributed by atoms with Gasteiger partial charge in [0.15, 0.2) is 0 Å². The number of aryl methyl sites for hydroxylation is 1. The van der Waals surface area contributed by atoms with Crippen molar-refractivity contribution in [2.75, 3.05) is 7.11 Å². The molecular weight excluding hydrogens is 414 g/mol. The van der Waals surface area contributed by atoms with Gasteiger partial charge in [0.2, 0.25) is 9.84 Å². The maximum Gasteiger partial charge on any atom is 0.216 e. The molecule has 6 heteroatoms. The molecule has 152 valence electrons. The van der Waals surface area contributed by atoms with E-state index in [4.69, 9.17) is 4.74 Å². The normalized spacial score (nSPS) is 11.7. The van der Waals surface area contributed by atoms with Crippen LogP contribution in [0.5, 0.6) is 5.75 Å². The third-order valence-electron chi connectivity index (χ3n) is 4.47. The van der Waals surface area contributed by atoms with Crippen LogP contribution in [-0.2, 0) is 15.6 Å². The van der Waals surface area contributed by atoms with Gasteiger partial charge in [0.25, 0.3) is 0 Å². The minimum Gasteiger partial charge on any atom is -0.496 e. The van der Waals surface area contributed by atoms with Crippen molar-refractivity contribution in [1.29, 1.82) is 5.26 Å². The van der Waals surface area contributed by atoms with E-state index in [0.29, 0.717) is 11.3 Å². The fraction of sp³-hybridized carbons (Fsp3) is 0.125. The topological polar surface area (TPSA) is 67.2 Å². The van der Waals surface area contributed by atoms with E-state index in [0.717, 1.165) is 16.2 Å². The van der Waals surface area contributed by atoms with Crippen LogP contribution in [0.3, 0.4) is 0 Å². The Morgan fingerprint density at radius 2 is 1.77 bits per heavy atom. The summed E-state index contributed by atoms with van der Waals surface area (Å²) in [7, 11) is -2.27. The van der Waals surface area contributed by atoms with Crippen LogP contribution < -0.4 is 4.74 Å². The molecule has 0 unspecified atom stereocenters. The third-order valence-corrected chi connectivity index (χ3v) is 7.21. The van der Waals surface area contributed by atoms with Crippen LogP contribution in [0.1, 0.15) is 16.7 Å². The highest BCUT2D eigenvalue weighted by Gasteiger charge is 2.20. The lowest BCUT2D eigenvalue weighted by molar-refractivity contribution is 0.411. The van der Waals surface area contributed by atoms with Gasteiger partial charge in [-0.25, -0.2) is 8.42 Å². The highest BCUT2D eigenvalue weighted by molar-refractivity contribution is 7.98. The monoisotopic (exact) mass is 435 g/mol. The van der Waals surface area contributed by atoms with Crippen molar-refractivity contribution in [1.82, 2.24) is 0 Å². The van der Waals surface area contributed by atoms with E-state index in [2.05, 4.69) is 24.3 Å². The molecule has 3 aromatic carbocycles. The number of nitrogens with zero attached hydrogens (tertiary/aromatic N) is 1. The molecule has 0 saturated heterocycles. The van der Waals surface area contributed by atoms with Gasteiger partial charge in [0.05, 0.1) is 12.0 Å². The summed E-state index contributed by atoms with van der Waals surface area (Å²) in [5.74, 6) is 1.37. The summed E-state index contributed by atoms with van der Waals surface area (Å²) in [5, 5.41) is 9.50. The zero-order valence-corrected chi connectivity index (χ0v) is 18.3. The Bertz CT molecular complexity index is 1190. The number of benzene rings is 3. The second-order valence-corrected chi connectivity index (χ2v) is 9.58. The number of hydrogen-bond acceptors (Lipinski definition) is 5. The van der Waals surface area contributed by atoms with Crippen molar-refractivity contribution in [3.63, 3.8) is 0 Å². The Morgan fingerprint density at radius 3 is 2.40 bits per heavy atom. The molecule has 30 heavy (non-hydrogen) atoms. The van der Waals surface area contributed by atoms with Gasteiger partial charge in [0.1, 0.15) is 16.7 Å². The Labute approximate surface area is 181 Å².